The zero-order valence-electron chi connectivity index (χ0n) is 8.51. The first kappa shape index (κ1) is 13.9. The molecule has 7 heteroatoms. The minimum atomic E-state index is -4.66. The molecule has 3 N–H and O–H groups in total. The van der Waals surface area contributed by atoms with E-state index in [4.69, 9.17) is 5.73 Å². The zero-order chi connectivity index (χ0) is 13.2. The minimum Gasteiger partial charge on any atom is -0.388 e. The van der Waals surface area contributed by atoms with Gasteiger partial charge in [-0.1, -0.05) is 0 Å². The van der Waals surface area contributed by atoms with Gasteiger partial charge in [0.2, 0.25) is 0 Å². The van der Waals surface area contributed by atoms with Crippen molar-refractivity contribution in [1.29, 1.82) is 0 Å². The third-order valence-electron chi connectivity index (χ3n) is 2.17. The SMILES string of the molecule is N[C@H](C[C@H](O)c1cc(F)cc(F)c1)C(F)(F)F. The lowest BCUT2D eigenvalue weighted by atomic mass is 10.0. The van der Waals surface area contributed by atoms with Gasteiger partial charge in [0.15, 0.2) is 0 Å². The zero-order valence-corrected chi connectivity index (χ0v) is 8.51. The Kier molecular flexibility index (Phi) is 4.05. The fraction of sp³-hybridized carbons (Fsp3) is 0.400. The van der Waals surface area contributed by atoms with Crippen molar-refractivity contribution in [2.75, 3.05) is 0 Å². The first-order valence-electron chi connectivity index (χ1n) is 4.66. The highest BCUT2D eigenvalue weighted by atomic mass is 19.4. The molecule has 0 aromatic heterocycles. The third-order valence-corrected chi connectivity index (χ3v) is 2.17. The Bertz CT molecular complexity index is 373. The summed E-state index contributed by atoms with van der Waals surface area (Å²) < 4.78 is 61.8. The fourth-order valence-corrected chi connectivity index (χ4v) is 1.28. The Morgan fingerprint density at radius 3 is 2.00 bits per heavy atom. The highest BCUT2D eigenvalue weighted by molar-refractivity contribution is 5.20. The molecule has 0 aliphatic rings. The maximum absolute atomic E-state index is 12.8. The summed E-state index contributed by atoms with van der Waals surface area (Å²) in [4.78, 5) is 0. The van der Waals surface area contributed by atoms with Crippen LogP contribution in [-0.4, -0.2) is 17.3 Å². The molecular formula is C10H10F5NO. The second-order valence-corrected chi connectivity index (χ2v) is 3.60. The molecule has 2 atom stereocenters. The molecule has 0 radical (unpaired) electrons. The van der Waals surface area contributed by atoms with Crippen molar-refractivity contribution in [2.24, 2.45) is 5.73 Å². The van der Waals surface area contributed by atoms with Crippen LogP contribution in [0.15, 0.2) is 18.2 Å². The van der Waals surface area contributed by atoms with Crippen molar-refractivity contribution in [3.63, 3.8) is 0 Å². The van der Waals surface area contributed by atoms with Gasteiger partial charge in [0, 0.05) is 12.5 Å². The maximum Gasteiger partial charge on any atom is 0.403 e. The molecule has 0 heterocycles. The molecule has 0 amide bonds. The van der Waals surface area contributed by atoms with E-state index in [9.17, 15) is 27.1 Å². The number of rotatable bonds is 3. The predicted molar refractivity (Wildman–Crippen MR) is 50.0 cm³/mol. The molecule has 1 aromatic rings. The van der Waals surface area contributed by atoms with Crippen LogP contribution in [0.3, 0.4) is 0 Å². The Morgan fingerprint density at radius 2 is 1.59 bits per heavy atom. The molecule has 1 aromatic carbocycles. The third kappa shape index (κ3) is 3.94. The van der Waals surface area contributed by atoms with Crippen molar-refractivity contribution >= 4 is 0 Å². The van der Waals surface area contributed by atoms with Gasteiger partial charge < -0.3 is 10.8 Å². The molecule has 0 saturated carbocycles. The lowest BCUT2D eigenvalue weighted by Gasteiger charge is -2.19. The monoisotopic (exact) mass is 255 g/mol. The van der Waals surface area contributed by atoms with Crippen LogP contribution >= 0.6 is 0 Å². The molecule has 17 heavy (non-hydrogen) atoms. The molecule has 96 valence electrons. The quantitative estimate of drug-likeness (QED) is 0.814. The Labute approximate surface area is 93.9 Å². The first-order valence-corrected chi connectivity index (χ1v) is 4.66. The Hall–Kier alpha value is -1.21. The van der Waals surface area contributed by atoms with Gasteiger partial charge in [0.05, 0.1) is 6.10 Å². The molecular weight excluding hydrogens is 245 g/mol. The van der Waals surface area contributed by atoms with Crippen LogP contribution in [0, 0.1) is 11.6 Å². The van der Waals surface area contributed by atoms with Crippen LogP contribution in [0.2, 0.25) is 0 Å². The van der Waals surface area contributed by atoms with Gasteiger partial charge in [-0.2, -0.15) is 13.2 Å². The predicted octanol–water partition coefficient (Wildman–Crippen LogP) is 2.28. The molecule has 0 spiro atoms. The van der Waals surface area contributed by atoms with E-state index in [1.165, 1.54) is 0 Å². The normalized spacial score (nSPS) is 15.7. The second-order valence-electron chi connectivity index (χ2n) is 3.60. The van der Waals surface area contributed by atoms with Gasteiger partial charge in [-0.3, -0.25) is 0 Å². The van der Waals surface area contributed by atoms with Crippen molar-refractivity contribution in [2.45, 2.75) is 24.7 Å². The van der Waals surface area contributed by atoms with Crippen LogP contribution in [0.1, 0.15) is 18.1 Å². The van der Waals surface area contributed by atoms with Crippen LogP contribution < -0.4 is 5.73 Å². The topological polar surface area (TPSA) is 46.2 Å². The van der Waals surface area contributed by atoms with Crippen molar-refractivity contribution in [3.05, 3.63) is 35.4 Å². The van der Waals surface area contributed by atoms with Crippen LogP contribution in [-0.2, 0) is 0 Å². The van der Waals surface area contributed by atoms with E-state index in [1.54, 1.807) is 0 Å². The average Bonchev–Trinajstić information content (AvgIpc) is 2.14. The summed E-state index contributed by atoms with van der Waals surface area (Å²) in [6.07, 6.45) is -7.18. The highest BCUT2D eigenvalue weighted by Gasteiger charge is 2.38. The number of aliphatic hydroxyl groups excluding tert-OH is 1. The number of benzene rings is 1. The Morgan fingerprint density at radius 1 is 1.12 bits per heavy atom. The molecule has 0 aliphatic carbocycles. The Balaban J connectivity index is 2.79. The number of hydrogen-bond donors (Lipinski definition) is 2. The lowest BCUT2D eigenvalue weighted by Crippen LogP contribution is -2.38. The minimum absolute atomic E-state index is 0.276. The number of nitrogens with two attached hydrogens (primary N) is 1. The molecule has 2 nitrogen and oxygen atoms in total. The van der Waals surface area contributed by atoms with Gasteiger partial charge in [-0.15, -0.1) is 0 Å². The van der Waals surface area contributed by atoms with E-state index in [1.807, 2.05) is 0 Å². The van der Waals surface area contributed by atoms with Crippen LogP contribution in [0.5, 0.6) is 0 Å². The number of hydrogen-bond acceptors (Lipinski definition) is 2. The summed E-state index contributed by atoms with van der Waals surface area (Å²) >= 11 is 0. The summed E-state index contributed by atoms with van der Waals surface area (Å²) in [5.41, 5.74) is 4.52. The van der Waals surface area contributed by atoms with Crippen molar-refractivity contribution in [1.82, 2.24) is 0 Å². The molecule has 1 rings (SSSR count). The summed E-state index contributed by atoms with van der Waals surface area (Å²) in [5.74, 6) is -1.95. The van der Waals surface area contributed by atoms with E-state index >= 15 is 0 Å². The van der Waals surface area contributed by atoms with E-state index < -0.39 is 36.4 Å². The standard InChI is InChI=1S/C10H10F5NO/c11-6-1-5(2-7(12)3-6)8(17)4-9(16)10(13,14)15/h1-3,8-9,17H,4,16H2/t8-,9+/m0/s1. The maximum atomic E-state index is 12.8. The molecule has 0 saturated heterocycles. The van der Waals surface area contributed by atoms with E-state index in [2.05, 4.69) is 0 Å². The van der Waals surface area contributed by atoms with Gasteiger partial charge in [0.1, 0.15) is 17.7 Å². The largest absolute Gasteiger partial charge is 0.403 e. The molecule has 0 aliphatic heterocycles. The lowest BCUT2D eigenvalue weighted by molar-refractivity contribution is -0.153. The fourth-order valence-electron chi connectivity index (χ4n) is 1.28. The molecule has 0 fully saturated rings. The summed E-state index contributed by atoms with van der Waals surface area (Å²) in [6.45, 7) is 0. The second kappa shape index (κ2) is 4.97. The van der Waals surface area contributed by atoms with Crippen molar-refractivity contribution < 1.29 is 27.1 Å². The van der Waals surface area contributed by atoms with E-state index in [0.29, 0.717) is 6.07 Å². The molecule has 0 bridgehead atoms. The average molecular weight is 255 g/mol. The van der Waals surface area contributed by atoms with Gasteiger partial charge in [0.25, 0.3) is 0 Å². The summed E-state index contributed by atoms with van der Waals surface area (Å²) in [5, 5.41) is 9.39. The number of halogens is 5. The van der Waals surface area contributed by atoms with E-state index in [-0.39, 0.29) is 5.56 Å². The van der Waals surface area contributed by atoms with Gasteiger partial charge >= 0.3 is 6.18 Å². The highest BCUT2D eigenvalue weighted by Crippen LogP contribution is 2.27. The van der Waals surface area contributed by atoms with Crippen LogP contribution in [0.4, 0.5) is 22.0 Å². The van der Waals surface area contributed by atoms with Gasteiger partial charge in [-0.25, -0.2) is 8.78 Å². The van der Waals surface area contributed by atoms with E-state index in [0.717, 1.165) is 12.1 Å². The number of alkyl halides is 3. The van der Waals surface area contributed by atoms with Gasteiger partial charge in [-0.05, 0) is 17.7 Å². The van der Waals surface area contributed by atoms with Crippen molar-refractivity contribution in [3.8, 4) is 0 Å². The molecule has 0 unspecified atom stereocenters. The number of aliphatic hydroxyl groups is 1. The first-order chi connectivity index (χ1) is 7.70. The summed E-state index contributed by atoms with van der Waals surface area (Å²) in [6, 6.07) is -0.169. The summed E-state index contributed by atoms with van der Waals surface area (Å²) in [7, 11) is 0. The smallest absolute Gasteiger partial charge is 0.388 e. The van der Waals surface area contributed by atoms with Crippen LogP contribution in [0.25, 0.3) is 0 Å².